The van der Waals surface area contributed by atoms with Crippen LogP contribution in [0, 0.1) is 6.92 Å². The lowest BCUT2D eigenvalue weighted by Gasteiger charge is -2.08. The molecule has 0 unspecified atom stereocenters. The van der Waals surface area contributed by atoms with Gasteiger partial charge in [-0.1, -0.05) is 6.07 Å². The van der Waals surface area contributed by atoms with Crippen LogP contribution in [0.3, 0.4) is 0 Å². The van der Waals surface area contributed by atoms with Crippen molar-refractivity contribution < 1.29 is 14.3 Å². The number of nitrogens with zero attached hydrogens (tertiary/aromatic N) is 2. The van der Waals surface area contributed by atoms with E-state index in [1.54, 1.807) is 27.1 Å². The van der Waals surface area contributed by atoms with Crippen LogP contribution in [0.1, 0.15) is 21.7 Å². The van der Waals surface area contributed by atoms with E-state index in [-0.39, 0.29) is 12.3 Å². The number of esters is 1. The average molecular weight is 354 g/mol. The lowest BCUT2D eigenvalue weighted by molar-refractivity contribution is 0.0461. The van der Waals surface area contributed by atoms with Gasteiger partial charge in [0, 0.05) is 7.05 Å². The minimum absolute atomic E-state index is 0.144. The number of halogens is 1. The fourth-order valence-corrected chi connectivity index (χ4v) is 2.52. The van der Waals surface area contributed by atoms with Crippen LogP contribution in [0.15, 0.2) is 22.7 Å². The molecule has 0 atom stereocenters. The van der Waals surface area contributed by atoms with Crippen molar-refractivity contribution >= 4 is 27.6 Å². The molecule has 1 heterocycles. The predicted molar refractivity (Wildman–Crippen MR) is 82.2 cm³/mol. The number of nitrogens with two attached hydrogens (primary N) is 1. The fraction of sp³-hybridized carbons (Fsp3) is 0.286. The van der Waals surface area contributed by atoms with Crippen molar-refractivity contribution in [3.8, 4) is 5.75 Å². The highest BCUT2D eigenvalue weighted by molar-refractivity contribution is 9.10. The van der Waals surface area contributed by atoms with Gasteiger partial charge in [0.25, 0.3) is 0 Å². The molecule has 0 bridgehead atoms. The van der Waals surface area contributed by atoms with Crippen molar-refractivity contribution in [1.82, 2.24) is 9.78 Å². The molecule has 21 heavy (non-hydrogen) atoms. The van der Waals surface area contributed by atoms with Crippen molar-refractivity contribution in [1.29, 1.82) is 0 Å². The SMILES string of the molecule is COc1ccc(COC(=O)c2c(N)c(C)nn2C)cc1Br. The van der Waals surface area contributed by atoms with E-state index in [9.17, 15) is 4.79 Å². The van der Waals surface area contributed by atoms with Gasteiger partial charge in [-0.05, 0) is 40.5 Å². The Morgan fingerprint density at radius 2 is 2.19 bits per heavy atom. The summed E-state index contributed by atoms with van der Waals surface area (Å²) in [5.74, 6) is 0.221. The van der Waals surface area contributed by atoms with Gasteiger partial charge >= 0.3 is 5.97 Å². The molecule has 0 aliphatic heterocycles. The second-order valence-corrected chi connectivity index (χ2v) is 5.37. The van der Waals surface area contributed by atoms with Crippen LogP contribution in [-0.2, 0) is 18.4 Å². The normalized spacial score (nSPS) is 10.5. The number of carbonyl (C=O) groups is 1. The van der Waals surface area contributed by atoms with Gasteiger partial charge in [0.2, 0.25) is 0 Å². The number of benzene rings is 1. The van der Waals surface area contributed by atoms with Gasteiger partial charge < -0.3 is 15.2 Å². The van der Waals surface area contributed by atoms with Crippen LogP contribution < -0.4 is 10.5 Å². The summed E-state index contributed by atoms with van der Waals surface area (Å²) in [6, 6.07) is 5.47. The Morgan fingerprint density at radius 3 is 2.71 bits per heavy atom. The summed E-state index contributed by atoms with van der Waals surface area (Å²) in [4.78, 5) is 12.1. The van der Waals surface area contributed by atoms with Crippen LogP contribution in [0.2, 0.25) is 0 Å². The minimum atomic E-state index is -0.498. The first-order valence-corrected chi connectivity index (χ1v) is 7.02. The molecule has 1 aromatic heterocycles. The van der Waals surface area contributed by atoms with E-state index < -0.39 is 5.97 Å². The van der Waals surface area contributed by atoms with E-state index in [0.717, 1.165) is 15.8 Å². The number of aromatic nitrogens is 2. The summed E-state index contributed by atoms with van der Waals surface area (Å²) in [7, 11) is 3.25. The molecule has 7 heteroatoms. The minimum Gasteiger partial charge on any atom is -0.496 e. The second kappa shape index (κ2) is 6.17. The Bertz CT molecular complexity index is 682. The van der Waals surface area contributed by atoms with E-state index in [4.69, 9.17) is 15.2 Å². The van der Waals surface area contributed by atoms with Crippen LogP contribution in [0.25, 0.3) is 0 Å². The maximum absolute atomic E-state index is 12.1. The number of hydrogen-bond acceptors (Lipinski definition) is 5. The summed E-state index contributed by atoms with van der Waals surface area (Å²) in [5, 5.41) is 4.09. The van der Waals surface area contributed by atoms with Gasteiger partial charge in [0.1, 0.15) is 12.4 Å². The molecule has 0 spiro atoms. The fourth-order valence-electron chi connectivity index (χ4n) is 1.93. The van der Waals surface area contributed by atoms with E-state index in [1.807, 2.05) is 12.1 Å². The summed E-state index contributed by atoms with van der Waals surface area (Å²) in [5.41, 5.74) is 7.89. The second-order valence-electron chi connectivity index (χ2n) is 4.52. The molecule has 6 nitrogen and oxygen atoms in total. The van der Waals surface area contributed by atoms with Gasteiger partial charge in [-0.25, -0.2) is 4.79 Å². The molecule has 0 aliphatic rings. The van der Waals surface area contributed by atoms with Crippen molar-refractivity contribution in [2.75, 3.05) is 12.8 Å². The molecular weight excluding hydrogens is 338 g/mol. The van der Waals surface area contributed by atoms with Gasteiger partial charge in [0.05, 0.1) is 23.0 Å². The molecule has 0 fully saturated rings. The molecule has 0 radical (unpaired) electrons. The lowest BCUT2D eigenvalue weighted by atomic mass is 10.2. The van der Waals surface area contributed by atoms with E-state index in [2.05, 4.69) is 21.0 Å². The zero-order valence-corrected chi connectivity index (χ0v) is 13.6. The highest BCUT2D eigenvalue weighted by Crippen LogP contribution is 2.26. The Balaban J connectivity index is 2.09. The van der Waals surface area contributed by atoms with Gasteiger partial charge in [-0.15, -0.1) is 0 Å². The topological polar surface area (TPSA) is 79.4 Å². The zero-order chi connectivity index (χ0) is 15.6. The number of methoxy groups -OCH3 is 1. The number of rotatable bonds is 4. The quantitative estimate of drug-likeness (QED) is 0.854. The van der Waals surface area contributed by atoms with Gasteiger partial charge in [0.15, 0.2) is 5.69 Å². The Labute approximate surface area is 131 Å². The first kappa shape index (κ1) is 15.4. The average Bonchev–Trinajstić information content (AvgIpc) is 2.70. The van der Waals surface area contributed by atoms with Gasteiger partial charge in [-0.2, -0.15) is 5.10 Å². The molecular formula is C14H16BrN3O3. The number of aryl methyl sites for hydroxylation is 2. The van der Waals surface area contributed by atoms with Crippen LogP contribution in [-0.4, -0.2) is 22.9 Å². The number of ether oxygens (including phenoxy) is 2. The molecule has 112 valence electrons. The maximum Gasteiger partial charge on any atom is 0.359 e. The van der Waals surface area contributed by atoms with Crippen molar-refractivity contribution in [3.63, 3.8) is 0 Å². The van der Waals surface area contributed by atoms with Crippen molar-refractivity contribution in [3.05, 3.63) is 39.6 Å². The third kappa shape index (κ3) is 3.18. The van der Waals surface area contributed by atoms with Crippen LogP contribution >= 0.6 is 15.9 Å². The summed E-state index contributed by atoms with van der Waals surface area (Å²) < 4.78 is 12.7. The van der Waals surface area contributed by atoms with Crippen molar-refractivity contribution in [2.24, 2.45) is 7.05 Å². The maximum atomic E-state index is 12.1. The van der Waals surface area contributed by atoms with Crippen LogP contribution in [0.4, 0.5) is 5.69 Å². The summed E-state index contributed by atoms with van der Waals surface area (Å²) >= 11 is 3.39. The molecule has 2 rings (SSSR count). The standard InChI is InChI=1S/C14H16BrN3O3/c1-8-12(16)13(18(2)17-8)14(19)21-7-9-4-5-11(20-3)10(15)6-9/h4-6H,7,16H2,1-3H3. The number of anilines is 1. The number of hydrogen-bond donors (Lipinski definition) is 1. The molecule has 2 aromatic rings. The van der Waals surface area contributed by atoms with Crippen molar-refractivity contribution in [2.45, 2.75) is 13.5 Å². The zero-order valence-electron chi connectivity index (χ0n) is 12.0. The summed E-state index contributed by atoms with van der Waals surface area (Å²) in [6.07, 6.45) is 0. The van der Waals surface area contributed by atoms with E-state index >= 15 is 0 Å². The Morgan fingerprint density at radius 1 is 1.48 bits per heavy atom. The predicted octanol–water partition coefficient (Wildman–Crippen LogP) is 2.44. The Kier molecular flexibility index (Phi) is 4.52. The third-order valence-corrected chi connectivity index (χ3v) is 3.67. The molecule has 0 aliphatic carbocycles. The molecule has 1 aromatic carbocycles. The molecule has 0 amide bonds. The highest BCUT2D eigenvalue weighted by Gasteiger charge is 2.19. The largest absolute Gasteiger partial charge is 0.496 e. The molecule has 0 saturated carbocycles. The third-order valence-electron chi connectivity index (χ3n) is 3.05. The van der Waals surface area contributed by atoms with Crippen LogP contribution in [0.5, 0.6) is 5.75 Å². The highest BCUT2D eigenvalue weighted by atomic mass is 79.9. The summed E-state index contributed by atoms with van der Waals surface area (Å²) in [6.45, 7) is 1.89. The first-order chi connectivity index (χ1) is 9.93. The number of nitrogen functional groups attached to an aromatic ring is 1. The van der Waals surface area contributed by atoms with E-state index in [1.165, 1.54) is 4.68 Å². The smallest absolute Gasteiger partial charge is 0.359 e. The molecule has 2 N–H and O–H groups in total. The molecule has 0 saturated heterocycles. The number of carbonyl (C=O) groups excluding carboxylic acids is 1. The monoisotopic (exact) mass is 353 g/mol. The lowest BCUT2D eigenvalue weighted by Crippen LogP contribution is -2.12. The van der Waals surface area contributed by atoms with Gasteiger partial charge in [-0.3, -0.25) is 4.68 Å². The Hall–Kier alpha value is -2.02. The first-order valence-electron chi connectivity index (χ1n) is 6.22. The van der Waals surface area contributed by atoms with E-state index in [0.29, 0.717) is 11.4 Å².